The number of aromatic nitrogens is 5. The van der Waals surface area contributed by atoms with Crippen molar-refractivity contribution in [3.8, 4) is 0 Å². The highest BCUT2D eigenvalue weighted by Gasteiger charge is 2.10. The lowest BCUT2D eigenvalue weighted by atomic mass is 9.97. The van der Waals surface area contributed by atoms with Gasteiger partial charge in [0.15, 0.2) is 11.6 Å². The molecule has 0 saturated carbocycles. The fraction of sp³-hybridized carbons (Fsp3) is 0.288. The number of para-hydroxylation sites is 1. The number of allylic oxidation sites excluding steroid dienone is 2. The lowest BCUT2D eigenvalue weighted by Crippen LogP contribution is -1.95. The Kier molecular flexibility index (Phi) is 38.1. The second-order valence-corrected chi connectivity index (χ2v) is 16.2. The molecule has 0 N–H and O–H groups in total. The normalized spacial score (nSPS) is 11.6. The van der Waals surface area contributed by atoms with Crippen molar-refractivity contribution in [3.05, 3.63) is 228 Å². The summed E-state index contributed by atoms with van der Waals surface area (Å²) < 4.78 is 0. The van der Waals surface area contributed by atoms with Gasteiger partial charge in [-0.1, -0.05) is 236 Å². The Morgan fingerprint density at radius 2 is 0.747 bits per heavy atom. The summed E-state index contributed by atoms with van der Waals surface area (Å²) in [4.78, 5) is 40.7. The molecule has 1 aliphatic carbocycles. The number of hydrogen-bond donors (Lipinski definition) is 0. The summed E-state index contributed by atoms with van der Waals surface area (Å²) >= 11 is 0. The van der Waals surface area contributed by atoms with E-state index in [1.807, 2.05) is 158 Å². The van der Waals surface area contributed by atoms with E-state index in [1.165, 1.54) is 50.1 Å². The highest BCUT2D eigenvalue weighted by atomic mass is 15.0. The quantitative estimate of drug-likeness (QED) is 0.140. The molecule has 0 unspecified atom stereocenters. The van der Waals surface area contributed by atoms with Gasteiger partial charge in [0.05, 0.1) is 28.5 Å². The maximum absolute atomic E-state index is 4.40. The zero-order valence-corrected chi connectivity index (χ0v) is 52.2. The molecule has 9 aromatic rings. The van der Waals surface area contributed by atoms with Crippen LogP contribution in [0.15, 0.2) is 214 Å². The molecule has 10 nitrogen and oxygen atoms in total. The SMILES string of the molecule is C1=CCc2ccccc2C1.C1=Nc2c(ccc3ccccc23)C1.C1=Nc2ccccc2C1.C1=Nc2cccnc2C1.C1=Nc2nccnc2C1.C1=Nc2ncncc2C1.CC.CC.CC.CC.CC.CC.CC.c1ccc2ccccc2c1. The van der Waals surface area contributed by atoms with Gasteiger partial charge in [0.2, 0.25) is 0 Å². The van der Waals surface area contributed by atoms with E-state index >= 15 is 0 Å². The maximum atomic E-state index is 4.40. The van der Waals surface area contributed by atoms with Gasteiger partial charge < -0.3 is 0 Å². The monoisotopic (exact) mass is 1110 g/mol. The summed E-state index contributed by atoms with van der Waals surface area (Å²) in [6.07, 6.45) is 29.3. The van der Waals surface area contributed by atoms with E-state index in [-0.39, 0.29) is 0 Å². The van der Waals surface area contributed by atoms with E-state index in [0.29, 0.717) is 0 Å². The fourth-order valence-corrected chi connectivity index (χ4v) is 8.02. The Balaban J connectivity index is 0.000000320. The van der Waals surface area contributed by atoms with Gasteiger partial charge >= 0.3 is 0 Å². The molecule has 0 radical (unpaired) electrons. The fourth-order valence-electron chi connectivity index (χ4n) is 8.02. The number of fused-ring (bicyclic) bond motifs is 9. The first kappa shape index (κ1) is 70.3. The smallest absolute Gasteiger partial charge is 0.173 e. The lowest BCUT2D eigenvalue weighted by Gasteiger charge is -2.08. The third-order valence-electron chi connectivity index (χ3n) is 11.6. The molecular formula is C73H92N10. The summed E-state index contributed by atoms with van der Waals surface area (Å²) in [5.74, 6) is 1.60. The van der Waals surface area contributed by atoms with Crippen molar-refractivity contribution in [3.63, 3.8) is 0 Å². The van der Waals surface area contributed by atoms with Gasteiger partial charge in [0, 0.05) is 98.9 Å². The maximum Gasteiger partial charge on any atom is 0.173 e. The molecule has 3 aromatic heterocycles. The van der Waals surface area contributed by atoms with Crippen molar-refractivity contribution in [1.82, 2.24) is 24.9 Å². The second kappa shape index (κ2) is 44.9. The van der Waals surface area contributed by atoms with E-state index in [2.05, 4.69) is 177 Å². The first-order valence-electron chi connectivity index (χ1n) is 30.1. The predicted octanol–water partition coefficient (Wildman–Crippen LogP) is 20.2. The minimum Gasteiger partial charge on any atom is -0.261 e. The van der Waals surface area contributed by atoms with Crippen LogP contribution in [0, 0.1) is 0 Å². The highest BCUT2D eigenvalue weighted by Crippen LogP contribution is 2.33. The largest absolute Gasteiger partial charge is 0.261 e. The lowest BCUT2D eigenvalue weighted by molar-refractivity contribution is 1.09. The summed E-state index contributed by atoms with van der Waals surface area (Å²) in [6, 6.07) is 50.2. The van der Waals surface area contributed by atoms with Crippen molar-refractivity contribution in [2.45, 2.75) is 142 Å². The van der Waals surface area contributed by atoms with Crippen LogP contribution in [0.2, 0.25) is 0 Å². The Morgan fingerprint density at radius 1 is 0.289 bits per heavy atom. The molecule has 8 heterocycles. The molecule has 0 fully saturated rings. The van der Waals surface area contributed by atoms with Crippen LogP contribution in [-0.2, 0) is 44.9 Å². The molecule has 6 aliphatic rings. The average molecular weight is 1110 g/mol. The molecule has 0 atom stereocenters. The Labute approximate surface area is 498 Å². The summed E-state index contributed by atoms with van der Waals surface area (Å²) in [5, 5.41) is 5.17. The van der Waals surface area contributed by atoms with Crippen LogP contribution in [0.3, 0.4) is 0 Å². The van der Waals surface area contributed by atoms with Gasteiger partial charge in [-0.05, 0) is 69.5 Å². The van der Waals surface area contributed by atoms with Crippen LogP contribution in [0.1, 0.15) is 136 Å². The molecule has 0 saturated heterocycles. The highest BCUT2D eigenvalue weighted by molar-refractivity contribution is 5.98. The standard InChI is InChI=1S/C12H9N.C10H10.C10H8.C8H7N.C7H6N2.2C6H5N3.7C2H6/c1-2-4-11-9(3-1)5-6-10-7-8-13-12(10)11;2*1-2-6-10-8-4-3-7-9(10)5-1;1-2-4-8-7(3-1)5-6-9-8;1-2-6-7(8-4-1)3-5-9-6;1-2-8-6-5(1)3-7-4-9-6;1-2-8-6-5(1)7-3-4-9-6;7*1-2/h1-6,8H,7H2;1-6H,7-8H2;1-8H;1-4,6H,5H2;1-2,4-5H,3H2;2*2-4H,1H2;7*1-2H3. The van der Waals surface area contributed by atoms with E-state index < -0.39 is 0 Å². The van der Waals surface area contributed by atoms with Crippen molar-refractivity contribution in [2.24, 2.45) is 25.0 Å². The van der Waals surface area contributed by atoms with Crippen molar-refractivity contribution >= 4 is 81.3 Å². The van der Waals surface area contributed by atoms with E-state index in [4.69, 9.17) is 0 Å². The average Bonchev–Trinajstić information content (AvgIpc) is 4.65. The number of nitrogens with zero attached hydrogens (tertiary/aromatic N) is 10. The van der Waals surface area contributed by atoms with Crippen molar-refractivity contribution in [1.29, 1.82) is 0 Å². The number of pyridine rings is 1. The van der Waals surface area contributed by atoms with E-state index in [0.717, 1.165) is 90.6 Å². The minimum absolute atomic E-state index is 0.775. The van der Waals surface area contributed by atoms with Gasteiger partial charge in [0.25, 0.3) is 0 Å². The zero-order valence-electron chi connectivity index (χ0n) is 52.2. The summed E-state index contributed by atoms with van der Waals surface area (Å²) in [5.41, 5.74) is 12.2. The first-order valence-corrected chi connectivity index (χ1v) is 30.1. The van der Waals surface area contributed by atoms with Gasteiger partial charge in [-0.2, -0.15) is 0 Å². The number of hydrogen-bond acceptors (Lipinski definition) is 10. The molecule has 15 rings (SSSR count). The summed E-state index contributed by atoms with van der Waals surface area (Å²) in [7, 11) is 0. The number of aliphatic imine (C=N–C) groups is 5. The van der Waals surface area contributed by atoms with Gasteiger partial charge in [-0.25, -0.2) is 24.9 Å². The molecule has 10 heteroatoms. The van der Waals surface area contributed by atoms with Crippen LogP contribution in [0.4, 0.5) is 28.7 Å². The molecule has 0 amide bonds. The zero-order chi connectivity index (χ0) is 60.7. The Morgan fingerprint density at radius 3 is 1.36 bits per heavy atom. The molecule has 0 spiro atoms. The van der Waals surface area contributed by atoms with Crippen LogP contribution >= 0.6 is 0 Å². The van der Waals surface area contributed by atoms with Gasteiger partial charge in [-0.3, -0.25) is 24.9 Å². The van der Waals surface area contributed by atoms with Crippen LogP contribution in [-0.4, -0.2) is 56.0 Å². The van der Waals surface area contributed by atoms with Gasteiger partial charge in [-0.15, -0.1) is 0 Å². The predicted molar refractivity (Wildman–Crippen MR) is 364 cm³/mol. The van der Waals surface area contributed by atoms with Crippen LogP contribution in [0.25, 0.3) is 21.5 Å². The number of rotatable bonds is 0. The van der Waals surface area contributed by atoms with Crippen molar-refractivity contribution in [2.75, 3.05) is 0 Å². The Hall–Kier alpha value is -8.76. The molecule has 434 valence electrons. The van der Waals surface area contributed by atoms with Gasteiger partial charge in [0.1, 0.15) is 6.33 Å². The molecular weight excluding hydrogens is 1020 g/mol. The first-order chi connectivity index (χ1) is 41.2. The van der Waals surface area contributed by atoms with Crippen LogP contribution < -0.4 is 0 Å². The third kappa shape index (κ3) is 23.7. The molecule has 83 heavy (non-hydrogen) atoms. The van der Waals surface area contributed by atoms with E-state index in [9.17, 15) is 0 Å². The van der Waals surface area contributed by atoms with E-state index in [1.54, 1.807) is 24.8 Å². The molecule has 0 bridgehead atoms. The van der Waals surface area contributed by atoms with Crippen LogP contribution in [0.5, 0.6) is 0 Å². The Bertz CT molecular complexity index is 3040. The second-order valence-electron chi connectivity index (χ2n) is 16.2. The number of benzene rings is 6. The third-order valence-corrected chi connectivity index (χ3v) is 11.6. The van der Waals surface area contributed by atoms with Crippen molar-refractivity contribution < 1.29 is 0 Å². The molecule has 5 aliphatic heterocycles. The minimum atomic E-state index is 0.775. The summed E-state index contributed by atoms with van der Waals surface area (Å²) in [6.45, 7) is 28.0. The molecule has 6 aromatic carbocycles. The topological polar surface area (TPSA) is 126 Å².